The lowest BCUT2D eigenvalue weighted by atomic mass is 9.94. The zero-order chi connectivity index (χ0) is 35.4. The number of carboxylic acid groups (broad SMARTS) is 1. The summed E-state index contributed by atoms with van der Waals surface area (Å²) in [7, 11) is 0. The fraction of sp³-hybridized carbons (Fsp3) is 0.256. The first-order chi connectivity index (χ1) is 25.5. The van der Waals surface area contributed by atoms with E-state index in [9.17, 15) is 14.7 Å². The number of fused-ring (bicyclic) bond motifs is 2. The Labute approximate surface area is 304 Å². The van der Waals surface area contributed by atoms with E-state index >= 15 is 0 Å². The number of carboxylic acids is 1. The molecule has 0 aliphatic carbocycles. The van der Waals surface area contributed by atoms with Crippen LogP contribution in [0, 0.1) is 0 Å². The van der Waals surface area contributed by atoms with Gasteiger partial charge in [0.2, 0.25) is 0 Å². The van der Waals surface area contributed by atoms with Crippen LogP contribution >= 0.6 is 11.3 Å². The molecule has 2 aliphatic heterocycles. The molecule has 0 spiro atoms. The number of amides is 1. The molecule has 1 amide bonds. The molecule has 0 bridgehead atoms. The van der Waals surface area contributed by atoms with Gasteiger partial charge in [0.25, 0.3) is 5.91 Å². The summed E-state index contributed by atoms with van der Waals surface area (Å²) in [6, 6.07) is 25.0. The van der Waals surface area contributed by atoms with Gasteiger partial charge in [0.15, 0.2) is 10.8 Å². The molecule has 8 rings (SSSR count). The summed E-state index contributed by atoms with van der Waals surface area (Å²) in [4.78, 5) is 39.6. The zero-order valence-electron chi connectivity index (χ0n) is 28.4. The van der Waals surface area contributed by atoms with Gasteiger partial charge in [-0.3, -0.25) is 19.7 Å². The smallest absolute Gasteiger partial charge is 0.355 e. The lowest BCUT2D eigenvalue weighted by molar-refractivity contribution is 0.0322. The largest absolute Gasteiger partial charge is 0.492 e. The van der Waals surface area contributed by atoms with Crippen molar-refractivity contribution in [3.8, 4) is 16.9 Å². The Bertz CT molecular complexity index is 2210. The molecular formula is C39H37N7O5S. The quantitative estimate of drug-likeness (QED) is 0.169. The van der Waals surface area contributed by atoms with Gasteiger partial charge in [0.1, 0.15) is 18.2 Å². The molecule has 0 radical (unpaired) electrons. The van der Waals surface area contributed by atoms with Gasteiger partial charge >= 0.3 is 5.97 Å². The van der Waals surface area contributed by atoms with Crippen molar-refractivity contribution in [2.24, 2.45) is 0 Å². The highest BCUT2D eigenvalue weighted by Gasteiger charge is 2.25. The Morgan fingerprint density at radius 3 is 2.65 bits per heavy atom. The van der Waals surface area contributed by atoms with Crippen molar-refractivity contribution in [1.82, 2.24) is 24.6 Å². The average molecular weight is 716 g/mol. The highest BCUT2D eigenvalue weighted by Crippen LogP contribution is 2.31. The lowest BCUT2D eigenvalue weighted by Gasteiger charge is -2.31. The number of nitrogens with zero attached hydrogens (tertiary/aromatic N) is 6. The van der Waals surface area contributed by atoms with Crippen LogP contribution in [0.4, 0.5) is 10.9 Å². The molecule has 1 saturated heterocycles. The number of aromatic nitrogens is 4. The van der Waals surface area contributed by atoms with Crippen LogP contribution in [0.2, 0.25) is 0 Å². The van der Waals surface area contributed by atoms with Gasteiger partial charge in [0.05, 0.1) is 36.2 Å². The second-order valence-electron chi connectivity index (χ2n) is 12.8. The number of carbonyl (C=O) groups is 2. The van der Waals surface area contributed by atoms with E-state index in [0.717, 1.165) is 65.5 Å². The maximum Gasteiger partial charge on any atom is 0.355 e. The number of hydrogen-bond donors (Lipinski definition) is 2. The second-order valence-corrected chi connectivity index (χ2v) is 13.8. The molecule has 13 heteroatoms. The fourth-order valence-electron chi connectivity index (χ4n) is 6.75. The van der Waals surface area contributed by atoms with Crippen molar-refractivity contribution in [3.05, 3.63) is 119 Å². The van der Waals surface area contributed by atoms with E-state index in [4.69, 9.17) is 9.47 Å². The van der Waals surface area contributed by atoms with Gasteiger partial charge in [-0.1, -0.05) is 53.8 Å². The average Bonchev–Trinajstić information content (AvgIpc) is 3.82. The molecule has 3 aromatic carbocycles. The van der Waals surface area contributed by atoms with E-state index < -0.39 is 5.97 Å². The minimum absolute atomic E-state index is 0.0587. The van der Waals surface area contributed by atoms with E-state index in [1.165, 1.54) is 11.3 Å². The molecule has 2 aliphatic rings. The number of carbonyl (C=O) groups excluding carboxylic acids is 1. The number of aromatic carboxylic acids is 1. The van der Waals surface area contributed by atoms with Gasteiger partial charge in [-0.25, -0.2) is 14.8 Å². The van der Waals surface area contributed by atoms with E-state index in [1.807, 2.05) is 83.9 Å². The molecule has 264 valence electrons. The predicted molar refractivity (Wildman–Crippen MR) is 199 cm³/mol. The van der Waals surface area contributed by atoms with Crippen LogP contribution in [0.25, 0.3) is 21.3 Å². The van der Waals surface area contributed by atoms with Gasteiger partial charge < -0.3 is 19.5 Å². The first kappa shape index (κ1) is 33.5. The predicted octanol–water partition coefficient (Wildman–Crippen LogP) is 5.83. The molecule has 0 unspecified atom stereocenters. The number of nitrogens with one attached hydrogen (secondary N) is 1. The summed E-state index contributed by atoms with van der Waals surface area (Å²) in [5, 5.41) is 18.4. The van der Waals surface area contributed by atoms with E-state index in [2.05, 4.69) is 25.3 Å². The van der Waals surface area contributed by atoms with Crippen LogP contribution in [0.3, 0.4) is 0 Å². The highest BCUT2D eigenvalue weighted by atomic mass is 32.1. The Hall–Kier alpha value is -5.63. The number of anilines is 2. The Morgan fingerprint density at radius 2 is 1.79 bits per heavy atom. The Balaban J connectivity index is 0.973. The third-order valence-electron chi connectivity index (χ3n) is 9.46. The minimum Gasteiger partial charge on any atom is -0.492 e. The third-order valence-corrected chi connectivity index (χ3v) is 10.4. The maximum absolute atomic E-state index is 13.5. The summed E-state index contributed by atoms with van der Waals surface area (Å²) >= 11 is 1.43. The van der Waals surface area contributed by atoms with Crippen molar-refractivity contribution in [2.75, 3.05) is 56.2 Å². The third kappa shape index (κ3) is 7.24. The number of para-hydroxylation sites is 2. The molecule has 0 saturated carbocycles. The SMILES string of the molecule is O=C(Nc1nc2ccccc2s1)c1cccc2c1CN(c1ccc(-c3cnn(Cc4ccccc4OCCN4CCOCC4)c3)c(C(=O)O)n1)CC2. The van der Waals surface area contributed by atoms with Gasteiger partial charge in [0, 0.05) is 61.2 Å². The van der Waals surface area contributed by atoms with E-state index in [1.54, 1.807) is 16.9 Å². The Morgan fingerprint density at radius 1 is 0.942 bits per heavy atom. The summed E-state index contributed by atoms with van der Waals surface area (Å²) < 4.78 is 14.4. The summed E-state index contributed by atoms with van der Waals surface area (Å²) in [5.74, 6) is -0.0299. The van der Waals surface area contributed by atoms with E-state index in [-0.39, 0.29) is 11.6 Å². The number of benzene rings is 3. The first-order valence-corrected chi connectivity index (χ1v) is 18.1. The van der Waals surface area contributed by atoms with Crippen molar-refractivity contribution in [3.63, 3.8) is 0 Å². The van der Waals surface area contributed by atoms with Gasteiger partial charge in [-0.2, -0.15) is 5.10 Å². The van der Waals surface area contributed by atoms with Crippen LogP contribution in [-0.2, 0) is 24.2 Å². The monoisotopic (exact) mass is 715 g/mol. The Kier molecular flexibility index (Phi) is 9.62. The van der Waals surface area contributed by atoms with Gasteiger partial charge in [-0.05, 0) is 53.9 Å². The molecular weight excluding hydrogens is 679 g/mol. The summed E-state index contributed by atoms with van der Waals surface area (Å²) in [6.07, 6.45) is 4.19. The van der Waals surface area contributed by atoms with Crippen LogP contribution < -0.4 is 15.0 Å². The number of pyridine rings is 1. The van der Waals surface area contributed by atoms with Crippen LogP contribution in [-0.4, -0.2) is 87.6 Å². The van der Waals surface area contributed by atoms with Crippen molar-refractivity contribution in [2.45, 2.75) is 19.5 Å². The topological polar surface area (TPSA) is 135 Å². The normalized spacial score (nSPS) is 14.7. The van der Waals surface area contributed by atoms with E-state index in [0.29, 0.717) is 60.3 Å². The summed E-state index contributed by atoms with van der Waals surface area (Å²) in [6.45, 7) is 6.23. The van der Waals surface area contributed by atoms with Crippen LogP contribution in [0.5, 0.6) is 5.75 Å². The van der Waals surface area contributed by atoms with Crippen LogP contribution in [0.15, 0.2) is 91.3 Å². The lowest BCUT2D eigenvalue weighted by Crippen LogP contribution is -2.38. The number of hydrogen-bond acceptors (Lipinski definition) is 10. The molecule has 5 heterocycles. The molecule has 52 heavy (non-hydrogen) atoms. The van der Waals surface area contributed by atoms with Crippen molar-refractivity contribution in [1.29, 1.82) is 0 Å². The summed E-state index contributed by atoms with van der Waals surface area (Å²) in [5.41, 5.74) is 5.42. The standard InChI is InChI=1S/C39H37N7O5S/c47-37(43-39-41-32-9-2-4-11-34(32)52-39)30-8-5-7-26-14-15-45(25-31(26)30)35-13-12-29(36(42-35)38(48)49)28-22-40-46(24-28)23-27-6-1-3-10-33(27)51-21-18-44-16-19-50-20-17-44/h1-13,22,24H,14-21,23,25H2,(H,48,49)(H,41,43,47). The first-order valence-electron chi connectivity index (χ1n) is 17.3. The maximum atomic E-state index is 13.5. The molecule has 6 aromatic rings. The van der Waals surface area contributed by atoms with Crippen LogP contribution in [0.1, 0.15) is 37.5 Å². The molecule has 3 aromatic heterocycles. The zero-order valence-corrected chi connectivity index (χ0v) is 29.2. The molecule has 2 N–H and O–H groups in total. The molecule has 0 atom stereocenters. The molecule has 1 fully saturated rings. The number of ether oxygens (including phenoxy) is 2. The minimum atomic E-state index is -1.13. The van der Waals surface area contributed by atoms with Crippen molar-refractivity contribution < 1.29 is 24.2 Å². The number of thiazole rings is 1. The number of morpholine rings is 1. The van der Waals surface area contributed by atoms with Crippen molar-refractivity contribution >= 4 is 44.4 Å². The fourth-order valence-corrected chi connectivity index (χ4v) is 7.61. The second kappa shape index (κ2) is 14.9. The highest BCUT2D eigenvalue weighted by molar-refractivity contribution is 7.22. The number of rotatable bonds is 11. The van der Waals surface area contributed by atoms with Gasteiger partial charge in [-0.15, -0.1) is 0 Å². The molecule has 12 nitrogen and oxygen atoms in total.